The van der Waals surface area contributed by atoms with Gasteiger partial charge < -0.3 is 15.5 Å². The molecular weight excluding hydrogens is 260 g/mol. The van der Waals surface area contributed by atoms with Crippen LogP contribution in [0.5, 0.6) is 0 Å². The zero-order chi connectivity index (χ0) is 14.5. The van der Waals surface area contributed by atoms with E-state index in [9.17, 15) is 0 Å². The summed E-state index contributed by atoms with van der Waals surface area (Å²) in [6.07, 6.45) is 8.35. The van der Waals surface area contributed by atoms with Crippen LogP contribution in [0.3, 0.4) is 0 Å². The zero-order valence-corrected chi connectivity index (χ0v) is 13.0. The Kier molecular flexibility index (Phi) is 5.09. The summed E-state index contributed by atoms with van der Waals surface area (Å²) in [7, 11) is 0. The molecule has 2 aliphatic heterocycles. The highest BCUT2D eigenvalue weighted by Gasteiger charge is 2.22. The van der Waals surface area contributed by atoms with Gasteiger partial charge in [-0.3, -0.25) is 4.98 Å². The molecule has 0 radical (unpaired) electrons. The first-order valence-electron chi connectivity index (χ1n) is 8.45. The lowest BCUT2D eigenvalue weighted by molar-refractivity contribution is 0.155. The number of piperidine rings is 1. The summed E-state index contributed by atoms with van der Waals surface area (Å²) < 4.78 is 0. The van der Waals surface area contributed by atoms with Crippen LogP contribution in [0, 0.1) is 5.92 Å². The molecule has 2 aliphatic rings. The highest BCUT2D eigenvalue weighted by molar-refractivity contribution is 5.34. The van der Waals surface area contributed by atoms with E-state index in [1.165, 1.54) is 58.4 Å². The maximum Gasteiger partial charge on any atom is 0.0501 e. The predicted molar refractivity (Wildman–Crippen MR) is 87.2 cm³/mol. The second-order valence-corrected chi connectivity index (χ2v) is 6.63. The van der Waals surface area contributed by atoms with E-state index in [2.05, 4.69) is 20.9 Å². The van der Waals surface area contributed by atoms with Crippen LogP contribution in [-0.4, -0.2) is 54.1 Å². The Bertz CT molecular complexity index is 417. The SMILES string of the molecule is Nc1ccc(CCN2CCC(CN3CCCC3)CC2)nc1. The van der Waals surface area contributed by atoms with Gasteiger partial charge in [-0.05, 0) is 69.9 Å². The fraction of sp³-hybridized carbons (Fsp3) is 0.706. The Hall–Kier alpha value is -1.13. The average Bonchev–Trinajstić information content (AvgIpc) is 3.01. The Labute approximate surface area is 128 Å². The summed E-state index contributed by atoms with van der Waals surface area (Å²) in [6, 6.07) is 4.00. The minimum Gasteiger partial charge on any atom is -0.397 e. The molecule has 4 nitrogen and oxygen atoms in total. The second-order valence-electron chi connectivity index (χ2n) is 6.63. The monoisotopic (exact) mass is 288 g/mol. The smallest absolute Gasteiger partial charge is 0.0501 e. The van der Waals surface area contributed by atoms with E-state index in [-0.39, 0.29) is 0 Å². The van der Waals surface area contributed by atoms with E-state index in [4.69, 9.17) is 5.73 Å². The summed E-state index contributed by atoms with van der Waals surface area (Å²) in [5.74, 6) is 0.925. The summed E-state index contributed by atoms with van der Waals surface area (Å²) in [5, 5.41) is 0. The van der Waals surface area contributed by atoms with E-state index < -0.39 is 0 Å². The van der Waals surface area contributed by atoms with Gasteiger partial charge in [0, 0.05) is 25.2 Å². The molecule has 2 N–H and O–H groups in total. The molecule has 0 unspecified atom stereocenters. The highest BCUT2D eigenvalue weighted by Crippen LogP contribution is 2.20. The number of pyridine rings is 1. The average molecular weight is 288 g/mol. The van der Waals surface area contributed by atoms with Crippen LogP contribution in [0.2, 0.25) is 0 Å². The predicted octanol–water partition coefficient (Wildman–Crippen LogP) is 2.01. The summed E-state index contributed by atoms with van der Waals surface area (Å²) in [6.45, 7) is 7.66. The van der Waals surface area contributed by atoms with Gasteiger partial charge in [0.05, 0.1) is 11.9 Å². The number of rotatable bonds is 5. The number of nitrogen functional groups attached to an aromatic ring is 1. The number of hydrogen-bond acceptors (Lipinski definition) is 4. The third-order valence-electron chi connectivity index (χ3n) is 4.95. The minimum absolute atomic E-state index is 0.751. The number of nitrogens with zero attached hydrogens (tertiary/aromatic N) is 3. The molecule has 1 aromatic heterocycles. The van der Waals surface area contributed by atoms with E-state index in [1.807, 2.05) is 6.07 Å². The molecule has 0 atom stereocenters. The molecule has 0 spiro atoms. The molecule has 2 saturated heterocycles. The molecule has 3 rings (SSSR count). The van der Waals surface area contributed by atoms with Crippen LogP contribution in [0.25, 0.3) is 0 Å². The van der Waals surface area contributed by atoms with Crippen molar-refractivity contribution in [2.45, 2.75) is 32.1 Å². The van der Waals surface area contributed by atoms with E-state index >= 15 is 0 Å². The van der Waals surface area contributed by atoms with Crippen molar-refractivity contribution in [2.75, 3.05) is 45.0 Å². The molecule has 0 amide bonds. The first-order valence-corrected chi connectivity index (χ1v) is 8.45. The van der Waals surface area contributed by atoms with Gasteiger partial charge in [-0.1, -0.05) is 0 Å². The standard InChI is InChI=1S/C17H28N4/c18-16-3-4-17(19-13-16)7-12-20-10-5-15(6-11-20)14-21-8-1-2-9-21/h3-4,13,15H,1-2,5-12,14,18H2. The van der Waals surface area contributed by atoms with Gasteiger partial charge in [0.25, 0.3) is 0 Å². The first kappa shape index (κ1) is 14.8. The molecule has 21 heavy (non-hydrogen) atoms. The molecule has 0 saturated carbocycles. The summed E-state index contributed by atoms with van der Waals surface area (Å²) >= 11 is 0. The largest absolute Gasteiger partial charge is 0.397 e. The number of aromatic nitrogens is 1. The normalized spacial score (nSPS) is 21.9. The lowest BCUT2D eigenvalue weighted by Crippen LogP contribution is -2.39. The van der Waals surface area contributed by atoms with Gasteiger partial charge in [-0.2, -0.15) is 0 Å². The van der Waals surface area contributed by atoms with Gasteiger partial charge in [-0.25, -0.2) is 0 Å². The van der Waals surface area contributed by atoms with Gasteiger partial charge in [-0.15, -0.1) is 0 Å². The highest BCUT2D eigenvalue weighted by atomic mass is 15.2. The molecule has 3 heterocycles. The third kappa shape index (κ3) is 4.42. The van der Waals surface area contributed by atoms with Crippen LogP contribution >= 0.6 is 0 Å². The Morgan fingerprint density at radius 1 is 1.05 bits per heavy atom. The van der Waals surface area contributed by atoms with Crippen LogP contribution in [0.4, 0.5) is 5.69 Å². The first-order chi connectivity index (χ1) is 10.3. The van der Waals surface area contributed by atoms with Crippen LogP contribution in [-0.2, 0) is 6.42 Å². The molecule has 0 aromatic carbocycles. The van der Waals surface area contributed by atoms with Crippen molar-refractivity contribution >= 4 is 5.69 Å². The molecule has 2 fully saturated rings. The maximum atomic E-state index is 5.67. The van der Waals surface area contributed by atoms with E-state index in [0.29, 0.717) is 0 Å². The van der Waals surface area contributed by atoms with Crippen molar-refractivity contribution in [1.82, 2.24) is 14.8 Å². The van der Waals surface area contributed by atoms with Crippen molar-refractivity contribution in [1.29, 1.82) is 0 Å². The number of hydrogen-bond donors (Lipinski definition) is 1. The number of anilines is 1. The van der Waals surface area contributed by atoms with Gasteiger partial charge in [0.1, 0.15) is 0 Å². The van der Waals surface area contributed by atoms with Crippen molar-refractivity contribution < 1.29 is 0 Å². The fourth-order valence-electron chi connectivity index (χ4n) is 3.58. The molecule has 116 valence electrons. The van der Waals surface area contributed by atoms with Crippen LogP contribution < -0.4 is 5.73 Å². The summed E-state index contributed by atoms with van der Waals surface area (Å²) in [5.41, 5.74) is 7.58. The van der Waals surface area contributed by atoms with Gasteiger partial charge in [0.15, 0.2) is 0 Å². The Morgan fingerprint density at radius 2 is 1.81 bits per heavy atom. The topological polar surface area (TPSA) is 45.4 Å². The van der Waals surface area contributed by atoms with Gasteiger partial charge in [0.2, 0.25) is 0 Å². The van der Waals surface area contributed by atoms with Crippen LogP contribution in [0.1, 0.15) is 31.4 Å². The minimum atomic E-state index is 0.751. The number of likely N-dealkylation sites (tertiary alicyclic amines) is 2. The molecule has 4 heteroatoms. The van der Waals surface area contributed by atoms with Crippen LogP contribution in [0.15, 0.2) is 18.3 Å². The van der Waals surface area contributed by atoms with Crippen molar-refractivity contribution in [3.63, 3.8) is 0 Å². The molecule has 1 aromatic rings. The Morgan fingerprint density at radius 3 is 2.48 bits per heavy atom. The second kappa shape index (κ2) is 7.23. The molecular formula is C17H28N4. The van der Waals surface area contributed by atoms with Crippen molar-refractivity contribution in [3.8, 4) is 0 Å². The van der Waals surface area contributed by atoms with Crippen molar-refractivity contribution in [2.24, 2.45) is 5.92 Å². The maximum absolute atomic E-state index is 5.67. The van der Waals surface area contributed by atoms with E-state index in [1.54, 1.807) is 6.20 Å². The van der Waals surface area contributed by atoms with Gasteiger partial charge >= 0.3 is 0 Å². The molecule has 0 bridgehead atoms. The number of nitrogens with two attached hydrogens (primary N) is 1. The lowest BCUT2D eigenvalue weighted by Gasteiger charge is -2.33. The zero-order valence-electron chi connectivity index (χ0n) is 13.0. The lowest BCUT2D eigenvalue weighted by atomic mass is 9.96. The third-order valence-corrected chi connectivity index (χ3v) is 4.95. The summed E-state index contributed by atoms with van der Waals surface area (Å²) in [4.78, 5) is 9.65. The van der Waals surface area contributed by atoms with Crippen molar-refractivity contribution in [3.05, 3.63) is 24.0 Å². The molecule has 0 aliphatic carbocycles. The Balaban J connectivity index is 1.36. The van der Waals surface area contributed by atoms with E-state index in [0.717, 1.165) is 30.3 Å². The fourth-order valence-corrected chi connectivity index (χ4v) is 3.58. The quantitative estimate of drug-likeness (QED) is 0.900.